The lowest BCUT2D eigenvalue weighted by atomic mass is 10.0. The zero-order chi connectivity index (χ0) is 23.5. The summed E-state index contributed by atoms with van der Waals surface area (Å²) in [6, 6.07) is 10.7. The third kappa shape index (κ3) is 3.56. The highest BCUT2D eigenvalue weighted by Crippen LogP contribution is 2.46. The fourth-order valence-corrected chi connectivity index (χ4v) is 4.84. The van der Waals surface area contributed by atoms with Gasteiger partial charge in [-0.2, -0.15) is 18.2 Å². The third-order valence-corrected chi connectivity index (χ3v) is 6.42. The summed E-state index contributed by atoms with van der Waals surface area (Å²) in [5.41, 5.74) is -0.736. The van der Waals surface area contributed by atoms with Crippen LogP contribution >= 0.6 is 0 Å². The number of ether oxygens (including phenoxy) is 3. The van der Waals surface area contributed by atoms with Crippen molar-refractivity contribution < 1.29 is 27.4 Å². The van der Waals surface area contributed by atoms with Crippen LogP contribution < -0.4 is 20.1 Å². The van der Waals surface area contributed by atoms with Crippen molar-refractivity contribution in [1.82, 2.24) is 14.5 Å². The highest BCUT2D eigenvalue weighted by Gasteiger charge is 2.56. The number of hydrogen-bond acceptors (Lipinski definition) is 7. The summed E-state index contributed by atoms with van der Waals surface area (Å²) in [5, 5.41) is 0. The molecule has 1 spiro atoms. The zero-order valence-electron chi connectivity index (χ0n) is 17.8. The molecule has 2 aromatic heterocycles. The molecular formula is C23H19F3N4O4. The lowest BCUT2D eigenvalue weighted by Gasteiger charge is -2.32. The smallest absolute Gasteiger partial charge is 0.433 e. The Morgan fingerprint density at radius 1 is 1.15 bits per heavy atom. The molecule has 1 aromatic carbocycles. The molecule has 0 radical (unpaired) electrons. The van der Waals surface area contributed by atoms with Crippen molar-refractivity contribution in [3.8, 4) is 17.4 Å². The Labute approximate surface area is 191 Å². The van der Waals surface area contributed by atoms with E-state index in [0.29, 0.717) is 18.9 Å². The average molecular weight is 472 g/mol. The van der Waals surface area contributed by atoms with Crippen molar-refractivity contribution in [2.24, 2.45) is 0 Å². The molecule has 3 aliphatic rings. The Morgan fingerprint density at radius 2 is 1.97 bits per heavy atom. The van der Waals surface area contributed by atoms with Crippen molar-refractivity contribution in [2.45, 2.75) is 37.4 Å². The number of aromatic nitrogens is 3. The second kappa shape index (κ2) is 7.45. The SMILES string of the molecule is O=c1nc(OCc2ccc(Oc3ccnc(C(F)(F)F)c3)cc2)cc2n1C[C@]13CO[C@H](CN21)C3. The van der Waals surface area contributed by atoms with Gasteiger partial charge in [0.25, 0.3) is 0 Å². The molecule has 6 rings (SSSR count). The van der Waals surface area contributed by atoms with Crippen molar-refractivity contribution in [3.63, 3.8) is 0 Å². The van der Waals surface area contributed by atoms with E-state index in [2.05, 4.69) is 14.9 Å². The van der Waals surface area contributed by atoms with Crippen LogP contribution in [0.3, 0.4) is 0 Å². The van der Waals surface area contributed by atoms with Gasteiger partial charge in [0.1, 0.15) is 29.6 Å². The third-order valence-electron chi connectivity index (χ3n) is 6.42. The molecule has 0 unspecified atom stereocenters. The molecule has 11 heteroatoms. The average Bonchev–Trinajstić information content (AvgIpc) is 3.47. The summed E-state index contributed by atoms with van der Waals surface area (Å²) in [6.45, 7) is 2.11. The van der Waals surface area contributed by atoms with Crippen LogP contribution in [0.1, 0.15) is 17.7 Å². The normalized spacial score (nSPS) is 22.6. The summed E-state index contributed by atoms with van der Waals surface area (Å²) >= 11 is 0. The van der Waals surface area contributed by atoms with Crippen LogP contribution in [0.4, 0.5) is 19.0 Å². The predicted octanol–water partition coefficient (Wildman–Crippen LogP) is 3.39. The Bertz CT molecular complexity index is 1310. The number of anilines is 1. The Morgan fingerprint density at radius 3 is 2.74 bits per heavy atom. The summed E-state index contributed by atoms with van der Waals surface area (Å²) in [5.74, 6) is 1.45. The van der Waals surface area contributed by atoms with Gasteiger partial charge in [0.15, 0.2) is 0 Å². The maximum absolute atomic E-state index is 12.8. The maximum atomic E-state index is 12.8. The van der Waals surface area contributed by atoms with Gasteiger partial charge in [0.2, 0.25) is 5.88 Å². The fraction of sp³-hybridized carbons (Fsp3) is 0.348. The minimum Gasteiger partial charge on any atom is -0.473 e. The van der Waals surface area contributed by atoms with Crippen molar-refractivity contribution in [1.29, 1.82) is 0 Å². The molecule has 176 valence electrons. The van der Waals surface area contributed by atoms with E-state index >= 15 is 0 Å². The number of benzene rings is 1. The molecule has 0 amide bonds. The first-order valence-electron chi connectivity index (χ1n) is 10.7. The van der Waals surface area contributed by atoms with Gasteiger partial charge in [-0.1, -0.05) is 12.1 Å². The highest BCUT2D eigenvalue weighted by atomic mass is 19.4. The quantitative estimate of drug-likeness (QED) is 0.563. The lowest BCUT2D eigenvalue weighted by Crippen LogP contribution is -2.46. The van der Waals surface area contributed by atoms with E-state index in [1.165, 1.54) is 6.07 Å². The Kier molecular flexibility index (Phi) is 4.60. The van der Waals surface area contributed by atoms with Gasteiger partial charge < -0.3 is 19.1 Å². The van der Waals surface area contributed by atoms with E-state index in [1.807, 2.05) is 0 Å². The highest BCUT2D eigenvalue weighted by molar-refractivity contribution is 5.52. The van der Waals surface area contributed by atoms with Crippen LogP contribution in [-0.4, -0.2) is 39.3 Å². The molecule has 2 fully saturated rings. The van der Waals surface area contributed by atoms with Gasteiger partial charge in [-0.05, 0) is 23.8 Å². The summed E-state index contributed by atoms with van der Waals surface area (Å²) in [4.78, 5) is 22.2. The number of halogens is 3. The van der Waals surface area contributed by atoms with E-state index in [-0.39, 0.29) is 35.6 Å². The minimum atomic E-state index is -4.54. The molecular weight excluding hydrogens is 453 g/mol. The molecule has 2 saturated heterocycles. The number of rotatable bonds is 5. The van der Waals surface area contributed by atoms with E-state index in [4.69, 9.17) is 14.2 Å². The van der Waals surface area contributed by atoms with Crippen molar-refractivity contribution in [2.75, 3.05) is 18.1 Å². The van der Waals surface area contributed by atoms with E-state index < -0.39 is 11.9 Å². The molecule has 8 nitrogen and oxygen atoms in total. The van der Waals surface area contributed by atoms with Gasteiger partial charge in [0, 0.05) is 31.3 Å². The predicted molar refractivity (Wildman–Crippen MR) is 113 cm³/mol. The molecule has 0 aliphatic carbocycles. The monoisotopic (exact) mass is 472 g/mol. The van der Waals surface area contributed by atoms with Gasteiger partial charge in [-0.15, -0.1) is 0 Å². The number of hydrogen-bond donors (Lipinski definition) is 0. The van der Waals surface area contributed by atoms with Crippen LogP contribution in [0.25, 0.3) is 0 Å². The number of alkyl halides is 3. The van der Waals surface area contributed by atoms with Crippen LogP contribution in [0.5, 0.6) is 17.4 Å². The topological polar surface area (TPSA) is 78.7 Å². The molecule has 34 heavy (non-hydrogen) atoms. The van der Waals surface area contributed by atoms with E-state index in [0.717, 1.165) is 36.6 Å². The van der Waals surface area contributed by atoms with Gasteiger partial charge in [-0.25, -0.2) is 4.79 Å². The van der Waals surface area contributed by atoms with E-state index in [9.17, 15) is 18.0 Å². The molecule has 0 N–H and O–H groups in total. The van der Waals surface area contributed by atoms with Crippen LogP contribution in [0.15, 0.2) is 53.5 Å². The molecule has 0 saturated carbocycles. The number of pyridine rings is 1. The maximum Gasteiger partial charge on any atom is 0.433 e. The number of morpholine rings is 1. The van der Waals surface area contributed by atoms with Crippen LogP contribution in [0.2, 0.25) is 0 Å². The second-order valence-corrected chi connectivity index (χ2v) is 8.70. The van der Waals surface area contributed by atoms with E-state index in [1.54, 1.807) is 34.9 Å². The van der Waals surface area contributed by atoms with Gasteiger partial charge in [0.05, 0.1) is 24.8 Å². The fourth-order valence-electron chi connectivity index (χ4n) is 4.84. The summed E-state index contributed by atoms with van der Waals surface area (Å²) < 4.78 is 57.2. The van der Waals surface area contributed by atoms with Crippen molar-refractivity contribution in [3.05, 3.63) is 70.4 Å². The summed E-state index contributed by atoms with van der Waals surface area (Å²) in [7, 11) is 0. The summed E-state index contributed by atoms with van der Waals surface area (Å²) in [6.07, 6.45) is -2.38. The Balaban J connectivity index is 1.13. The first kappa shape index (κ1) is 21.0. The zero-order valence-corrected chi connectivity index (χ0v) is 17.8. The first-order chi connectivity index (χ1) is 16.3. The second-order valence-electron chi connectivity index (χ2n) is 8.70. The molecule has 2 atom stereocenters. The standard InChI is InChI=1S/C23H19F3N4O4/c24-23(25,26)18-7-16(5-6-27-18)34-15-3-1-14(2-4-15)11-32-19-8-20-29(21(31)28-19)12-22-9-17(33-13-22)10-30(20)22/h1-8,17H,9-13H2/t17-,22+/m0/s1. The lowest BCUT2D eigenvalue weighted by molar-refractivity contribution is -0.141. The Hall–Kier alpha value is -3.60. The molecule has 2 bridgehead atoms. The number of nitrogens with zero attached hydrogens (tertiary/aromatic N) is 4. The molecule has 3 aromatic rings. The largest absolute Gasteiger partial charge is 0.473 e. The van der Waals surface area contributed by atoms with Gasteiger partial charge in [-0.3, -0.25) is 9.55 Å². The van der Waals surface area contributed by atoms with Crippen molar-refractivity contribution >= 4 is 5.82 Å². The molecule has 5 heterocycles. The minimum absolute atomic E-state index is 0.0351. The first-order valence-corrected chi connectivity index (χ1v) is 10.7. The van der Waals surface area contributed by atoms with Crippen LogP contribution in [-0.2, 0) is 24.1 Å². The molecule has 3 aliphatic heterocycles. The van der Waals surface area contributed by atoms with Gasteiger partial charge >= 0.3 is 11.9 Å². The van der Waals surface area contributed by atoms with Crippen LogP contribution in [0, 0.1) is 0 Å². The number of fused-ring (bicyclic) bond motifs is 3.